The molecule has 7 heteroatoms. The van der Waals surface area contributed by atoms with Crippen LogP contribution in [-0.4, -0.2) is 43.2 Å². The minimum atomic E-state index is -0.596. The van der Waals surface area contributed by atoms with Crippen LogP contribution in [0.2, 0.25) is 5.02 Å². The summed E-state index contributed by atoms with van der Waals surface area (Å²) in [7, 11) is 0. The van der Waals surface area contributed by atoms with Gasteiger partial charge in [0.2, 0.25) is 0 Å². The first-order chi connectivity index (χ1) is 16.7. The van der Waals surface area contributed by atoms with Gasteiger partial charge in [-0.3, -0.25) is 4.79 Å². The van der Waals surface area contributed by atoms with Gasteiger partial charge in [0.25, 0.3) is 0 Å². The monoisotopic (exact) mass is 499 g/mol. The smallest absolute Gasteiger partial charge is 0.157 e. The summed E-state index contributed by atoms with van der Waals surface area (Å²) in [5.41, 5.74) is 0.944. The Balaban J connectivity index is 1.23. The van der Waals surface area contributed by atoms with Crippen molar-refractivity contribution in [3.8, 4) is 0 Å². The minimum Gasteiger partial charge on any atom is -0.396 e. The lowest BCUT2D eigenvalue weighted by molar-refractivity contribution is -0.171. The van der Waals surface area contributed by atoms with Crippen LogP contribution in [0.3, 0.4) is 0 Å². The van der Waals surface area contributed by atoms with Gasteiger partial charge in [0, 0.05) is 17.5 Å². The molecule has 1 heterocycles. The fraction of sp³-hybridized carbons (Fsp3) is 0.750. The molecule has 0 bridgehead atoms. The van der Waals surface area contributed by atoms with Gasteiger partial charge in [-0.2, -0.15) is 0 Å². The molecule has 0 amide bonds. The lowest BCUT2D eigenvalue weighted by Gasteiger charge is -2.62. The number of aliphatic hydroxyl groups excluding tert-OH is 1. The van der Waals surface area contributed by atoms with E-state index in [0.29, 0.717) is 28.7 Å². The molecule has 1 aromatic carbocycles. The number of hydrogen-bond acceptors (Lipinski definition) is 5. The highest BCUT2D eigenvalue weighted by Gasteiger charge is 2.62. The molecule has 0 aliphatic heterocycles. The zero-order valence-corrected chi connectivity index (χ0v) is 21.7. The maximum absolute atomic E-state index is 13.7. The molecular formula is C28H38ClN3O3. The Morgan fingerprint density at radius 2 is 1.94 bits per heavy atom. The minimum absolute atomic E-state index is 0.0155. The van der Waals surface area contributed by atoms with Crippen LogP contribution in [0.5, 0.6) is 0 Å². The van der Waals surface area contributed by atoms with E-state index in [1.165, 1.54) is 6.42 Å². The van der Waals surface area contributed by atoms with Gasteiger partial charge in [-0.25, -0.2) is 4.68 Å². The van der Waals surface area contributed by atoms with Crippen molar-refractivity contribution in [2.45, 2.75) is 83.8 Å². The zero-order chi connectivity index (χ0) is 24.6. The van der Waals surface area contributed by atoms with Crippen LogP contribution >= 0.6 is 11.6 Å². The number of Topliss-reactive ketones (excluding diaryl/α,β-unsaturated/α-hetero) is 1. The van der Waals surface area contributed by atoms with Crippen LogP contribution in [0.1, 0.15) is 71.6 Å². The van der Waals surface area contributed by atoms with Gasteiger partial charge in [0.15, 0.2) is 5.78 Å². The fourth-order valence-electron chi connectivity index (χ4n) is 9.39. The Labute approximate surface area is 212 Å². The first kappa shape index (κ1) is 23.9. The van der Waals surface area contributed by atoms with Gasteiger partial charge < -0.3 is 10.2 Å². The van der Waals surface area contributed by atoms with E-state index < -0.39 is 5.60 Å². The summed E-state index contributed by atoms with van der Waals surface area (Å²) in [6.45, 7) is 4.84. The Morgan fingerprint density at radius 1 is 1.11 bits per heavy atom. The number of hydrogen-bond donors (Lipinski definition) is 2. The van der Waals surface area contributed by atoms with Crippen molar-refractivity contribution < 1.29 is 15.0 Å². The number of aromatic nitrogens is 3. The molecule has 2 N–H and O–H groups in total. The zero-order valence-electron chi connectivity index (χ0n) is 20.9. The molecule has 4 fully saturated rings. The molecular weight excluding hydrogens is 462 g/mol. The molecule has 0 saturated heterocycles. The molecule has 4 saturated carbocycles. The first-order valence-corrected chi connectivity index (χ1v) is 13.9. The Bertz CT molecular complexity index is 1150. The van der Waals surface area contributed by atoms with Gasteiger partial charge in [0.1, 0.15) is 12.1 Å². The molecule has 0 radical (unpaired) electrons. The van der Waals surface area contributed by atoms with Crippen molar-refractivity contribution in [3.63, 3.8) is 0 Å². The summed E-state index contributed by atoms with van der Waals surface area (Å²) >= 11 is 6.09. The third-order valence-corrected chi connectivity index (χ3v) is 11.4. The number of ketones is 1. The summed E-state index contributed by atoms with van der Waals surface area (Å²) in [6.07, 6.45) is 8.98. The normalized spacial score (nSPS) is 42.9. The molecule has 2 aromatic rings. The quantitative estimate of drug-likeness (QED) is 0.615. The standard InChI is InChI=1S/C28H38ClN3O3/c1-26(35)11-12-28(16-33)17(14-26)3-5-19-20-6-7-22(27(20,2)10-9-21(19)28)25(34)15-32-24-8-4-18(29)13-23(24)30-31-32/h4,8,13,17,19-22,33,35H,3,5-7,9-12,14-16H2,1-2H3/t17-,19-,20-,21-,22+,26+,27-,28+/m0/s1. The number of halogens is 1. The summed E-state index contributed by atoms with van der Waals surface area (Å²) in [6, 6.07) is 5.50. The van der Waals surface area contributed by atoms with Crippen molar-refractivity contribution in [2.75, 3.05) is 6.61 Å². The lowest BCUT2D eigenvalue weighted by Crippen LogP contribution is -2.58. The topological polar surface area (TPSA) is 88.2 Å². The fourth-order valence-corrected chi connectivity index (χ4v) is 9.56. The van der Waals surface area contributed by atoms with E-state index in [2.05, 4.69) is 17.2 Å². The van der Waals surface area contributed by atoms with Gasteiger partial charge >= 0.3 is 0 Å². The molecule has 190 valence electrons. The predicted molar refractivity (Wildman–Crippen MR) is 135 cm³/mol. The van der Waals surface area contributed by atoms with Crippen LogP contribution in [0.25, 0.3) is 11.0 Å². The first-order valence-electron chi connectivity index (χ1n) is 13.5. The summed E-state index contributed by atoms with van der Waals surface area (Å²) in [5, 5.41) is 30.6. The third kappa shape index (κ3) is 3.61. The van der Waals surface area contributed by atoms with E-state index in [1.54, 1.807) is 10.7 Å². The van der Waals surface area contributed by atoms with E-state index >= 15 is 0 Å². The Morgan fingerprint density at radius 3 is 2.74 bits per heavy atom. The Kier molecular flexibility index (Phi) is 5.63. The maximum atomic E-state index is 13.7. The average molecular weight is 500 g/mol. The van der Waals surface area contributed by atoms with Gasteiger partial charge in [-0.1, -0.05) is 23.7 Å². The summed E-state index contributed by atoms with van der Waals surface area (Å²) in [5.74, 6) is 2.36. The molecule has 6 rings (SSSR count). The predicted octanol–water partition coefficient (Wildman–Crippen LogP) is 5.04. The highest BCUT2D eigenvalue weighted by atomic mass is 35.5. The van der Waals surface area contributed by atoms with Crippen LogP contribution in [0.15, 0.2) is 18.2 Å². The number of benzene rings is 1. The largest absolute Gasteiger partial charge is 0.396 e. The van der Waals surface area contributed by atoms with E-state index in [0.717, 1.165) is 62.4 Å². The SMILES string of the molecule is C[C@@]1(O)CC[C@@]2(CO)[C@@H](CC[C@H]3[C@@H]4CC[C@H](C(=O)Cn5nnc6cc(Cl)ccc65)[C@@]4(C)CC[C@@H]32)C1. The average Bonchev–Trinajstić information content (AvgIpc) is 3.38. The van der Waals surface area contributed by atoms with Gasteiger partial charge in [-0.05, 0) is 117 Å². The van der Waals surface area contributed by atoms with Crippen LogP contribution in [0.4, 0.5) is 0 Å². The highest BCUT2D eigenvalue weighted by Crippen LogP contribution is 2.68. The van der Waals surface area contributed by atoms with Crippen molar-refractivity contribution in [3.05, 3.63) is 23.2 Å². The van der Waals surface area contributed by atoms with E-state index in [4.69, 9.17) is 11.6 Å². The van der Waals surface area contributed by atoms with E-state index in [9.17, 15) is 15.0 Å². The van der Waals surface area contributed by atoms with Crippen LogP contribution in [-0.2, 0) is 11.3 Å². The third-order valence-electron chi connectivity index (χ3n) is 11.1. The van der Waals surface area contributed by atoms with Crippen molar-refractivity contribution in [1.29, 1.82) is 0 Å². The van der Waals surface area contributed by atoms with Crippen molar-refractivity contribution >= 4 is 28.4 Å². The number of rotatable bonds is 4. The van der Waals surface area contributed by atoms with Crippen LogP contribution < -0.4 is 0 Å². The number of carbonyl (C=O) groups excluding carboxylic acids is 1. The molecule has 8 atom stereocenters. The highest BCUT2D eigenvalue weighted by molar-refractivity contribution is 6.31. The molecule has 4 aliphatic rings. The number of nitrogens with zero attached hydrogens (tertiary/aromatic N) is 3. The number of fused-ring (bicyclic) bond motifs is 6. The molecule has 0 spiro atoms. The summed E-state index contributed by atoms with van der Waals surface area (Å²) in [4.78, 5) is 13.7. The maximum Gasteiger partial charge on any atom is 0.157 e. The molecule has 35 heavy (non-hydrogen) atoms. The van der Waals surface area contributed by atoms with Gasteiger partial charge in [0.05, 0.1) is 11.1 Å². The van der Waals surface area contributed by atoms with Crippen molar-refractivity contribution in [2.24, 2.45) is 40.4 Å². The van der Waals surface area contributed by atoms with Crippen LogP contribution in [0, 0.1) is 40.4 Å². The number of carbonyl (C=O) groups is 1. The van der Waals surface area contributed by atoms with E-state index in [1.807, 2.05) is 19.1 Å². The van der Waals surface area contributed by atoms with Gasteiger partial charge in [-0.15, -0.1) is 5.10 Å². The Hall–Kier alpha value is -1.50. The molecule has 6 nitrogen and oxygen atoms in total. The molecule has 0 unspecified atom stereocenters. The second kappa shape index (κ2) is 8.26. The number of aliphatic hydroxyl groups is 2. The molecule has 4 aliphatic carbocycles. The molecule has 1 aromatic heterocycles. The second-order valence-electron chi connectivity index (χ2n) is 12.8. The van der Waals surface area contributed by atoms with E-state index in [-0.39, 0.29) is 35.7 Å². The lowest BCUT2D eigenvalue weighted by atomic mass is 9.43. The summed E-state index contributed by atoms with van der Waals surface area (Å²) < 4.78 is 1.73. The second-order valence-corrected chi connectivity index (χ2v) is 13.2. The van der Waals surface area contributed by atoms with Crippen molar-refractivity contribution in [1.82, 2.24) is 15.0 Å².